The first-order valence-electron chi connectivity index (χ1n) is 11.9. The van der Waals surface area contributed by atoms with Gasteiger partial charge in [-0.25, -0.2) is 0 Å². The maximum Gasteiger partial charge on any atom is 0.219 e. The second-order valence-electron chi connectivity index (χ2n) is 11.1. The Bertz CT molecular complexity index is 642. The molecule has 0 aliphatic heterocycles. The van der Waals surface area contributed by atoms with E-state index in [4.69, 9.17) is 0 Å². The summed E-state index contributed by atoms with van der Waals surface area (Å²) in [4.78, 5) is 11.7. The lowest BCUT2D eigenvalue weighted by Gasteiger charge is -2.58. The molecular formula is C25H41NO2. The average Bonchev–Trinajstić information content (AvgIpc) is 3.03. The maximum absolute atomic E-state index is 11.7. The molecule has 8 atom stereocenters. The fourth-order valence-electron chi connectivity index (χ4n) is 8.30. The lowest BCUT2D eigenvalue weighted by atomic mass is 9.47. The fourth-order valence-corrected chi connectivity index (χ4v) is 8.30. The third-order valence-electron chi connectivity index (χ3n) is 9.94. The molecule has 0 spiro atoms. The molecule has 0 aromatic carbocycles. The van der Waals surface area contributed by atoms with Crippen molar-refractivity contribution in [2.45, 2.75) is 91.1 Å². The molecule has 0 bridgehead atoms. The SMILES string of the molecule is CNC(=O)CC[C@@H](C)[C@H]1CC[C@H]2[C@@H]3CC=C4C[C@@H](O)CC[C@]4(C)[C@H]3CC[C@]12C. The van der Waals surface area contributed by atoms with Gasteiger partial charge in [-0.2, -0.15) is 0 Å². The van der Waals surface area contributed by atoms with Gasteiger partial charge in [0, 0.05) is 13.5 Å². The molecule has 0 heterocycles. The molecule has 0 unspecified atom stereocenters. The number of hydrogen-bond acceptors (Lipinski definition) is 2. The van der Waals surface area contributed by atoms with E-state index in [0.717, 1.165) is 42.9 Å². The Morgan fingerprint density at radius 1 is 1.21 bits per heavy atom. The molecule has 3 fully saturated rings. The first kappa shape index (κ1) is 20.4. The molecule has 3 nitrogen and oxygen atoms in total. The van der Waals surface area contributed by atoms with Crippen molar-refractivity contribution >= 4 is 5.91 Å². The first-order chi connectivity index (χ1) is 13.3. The van der Waals surface area contributed by atoms with Crippen LogP contribution in [0.2, 0.25) is 0 Å². The Hall–Kier alpha value is -0.830. The Kier molecular flexibility index (Phi) is 5.44. The van der Waals surface area contributed by atoms with Crippen molar-refractivity contribution in [1.82, 2.24) is 5.32 Å². The molecule has 4 rings (SSSR count). The van der Waals surface area contributed by atoms with Crippen molar-refractivity contribution in [1.29, 1.82) is 0 Å². The number of aliphatic hydroxyl groups excluding tert-OH is 1. The van der Waals surface area contributed by atoms with E-state index in [0.29, 0.717) is 23.2 Å². The summed E-state index contributed by atoms with van der Waals surface area (Å²) in [5.74, 6) is 4.10. The van der Waals surface area contributed by atoms with Gasteiger partial charge in [-0.05, 0) is 98.2 Å². The van der Waals surface area contributed by atoms with E-state index < -0.39 is 0 Å². The summed E-state index contributed by atoms with van der Waals surface area (Å²) in [6.07, 6.45) is 13.9. The largest absolute Gasteiger partial charge is 0.393 e. The van der Waals surface area contributed by atoms with Crippen LogP contribution in [0.5, 0.6) is 0 Å². The van der Waals surface area contributed by atoms with E-state index in [1.54, 1.807) is 12.6 Å². The molecule has 2 N–H and O–H groups in total. The summed E-state index contributed by atoms with van der Waals surface area (Å²) in [5.41, 5.74) is 2.37. The van der Waals surface area contributed by atoms with Gasteiger partial charge in [0.25, 0.3) is 0 Å². The number of fused-ring (bicyclic) bond motifs is 5. The highest BCUT2D eigenvalue weighted by molar-refractivity contribution is 5.75. The maximum atomic E-state index is 11.7. The van der Waals surface area contributed by atoms with Gasteiger partial charge < -0.3 is 10.4 Å². The highest BCUT2D eigenvalue weighted by Gasteiger charge is 2.59. The van der Waals surface area contributed by atoms with Crippen LogP contribution in [-0.4, -0.2) is 24.2 Å². The second kappa shape index (κ2) is 7.45. The average molecular weight is 388 g/mol. The molecular weight excluding hydrogens is 346 g/mol. The van der Waals surface area contributed by atoms with E-state index >= 15 is 0 Å². The van der Waals surface area contributed by atoms with E-state index in [2.05, 4.69) is 32.2 Å². The molecule has 0 aromatic heterocycles. The molecule has 0 aromatic rings. The molecule has 4 aliphatic carbocycles. The summed E-state index contributed by atoms with van der Waals surface area (Å²) in [6.45, 7) is 7.51. The molecule has 3 heteroatoms. The third-order valence-corrected chi connectivity index (χ3v) is 9.94. The highest BCUT2D eigenvalue weighted by atomic mass is 16.3. The van der Waals surface area contributed by atoms with Gasteiger partial charge in [0.05, 0.1) is 6.10 Å². The lowest BCUT2D eigenvalue weighted by Crippen LogP contribution is -2.50. The van der Waals surface area contributed by atoms with Crippen molar-refractivity contribution < 1.29 is 9.90 Å². The van der Waals surface area contributed by atoms with Gasteiger partial charge in [0.1, 0.15) is 0 Å². The van der Waals surface area contributed by atoms with Crippen LogP contribution in [0.15, 0.2) is 11.6 Å². The molecule has 1 amide bonds. The number of amides is 1. The number of hydrogen-bond donors (Lipinski definition) is 2. The van der Waals surface area contributed by atoms with E-state index in [-0.39, 0.29) is 12.0 Å². The van der Waals surface area contributed by atoms with Gasteiger partial charge in [-0.3, -0.25) is 4.79 Å². The van der Waals surface area contributed by atoms with Crippen LogP contribution in [0.3, 0.4) is 0 Å². The van der Waals surface area contributed by atoms with Crippen LogP contribution in [-0.2, 0) is 4.79 Å². The van der Waals surface area contributed by atoms with Crippen LogP contribution in [0.1, 0.15) is 85.0 Å². The normalized spacial score (nSPS) is 46.0. The smallest absolute Gasteiger partial charge is 0.219 e. The topological polar surface area (TPSA) is 49.3 Å². The molecule has 0 saturated heterocycles. The number of allylic oxidation sites excluding steroid dienone is 1. The first-order valence-corrected chi connectivity index (χ1v) is 11.9. The van der Waals surface area contributed by atoms with Crippen LogP contribution in [0.4, 0.5) is 0 Å². The number of carbonyl (C=O) groups is 1. The van der Waals surface area contributed by atoms with E-state index in [9.17, 15) is 9.90 Å². The summed E-state index contributed by atoms with van der Waals surface area (Å²) < 4.78 is 0. The minimum atomic E-state index is -0.109. The molecule has 158 valence electrons. The standard InChI is InChI=1S/C25H41NO2/c1-16(5-10-23(28)26-4)20-8-9-21-19-7-6-17-15-18(27)11-13-24(17,2)22(19)12-14-25(20,21)3/h6,16,18-22,27H,5,7-15H2,1-4H3,(H,26,28)/t16-,18+,19+,20-,21+,22+,24+,25-/m1/s1. The molecule has 0 radical (unpaired) electrons. The Morgan fingerprint density at radius 3 is 2.75 bits per heavy atom. The van der Waals surface area contributed by atoms with Crippen molar-refractivity contribution in [2.24, 2.45) is 40.4 Å². The van der Waals surface area contributed by atoms with Crippen molar-refractivity contribution in [3.05, 3.63) is 11.6 Å². The highest BCUT2D eigenvalue weighted by Crippen LogP contribution is 2.67. The van der Waals surface area contributed by atoms with E-state index in [1.807, 2.05) is 0 Å². The van der Waals surface area contributed by atoms with Crippen molar-refractivity contribution in [3.8, 4) is 0 Å². The monoisotopic (exact) mass is 387 g/mol. The zero-order valence-electron chi connectivity index (χ0n) is 18.5. The minimum Gasteiger partial charge on any atom is -0.393 e. The zero-order valence-corrected chi connectivity index (χ0v) is 18.5. The quantitative estimate of drug-likeness (QED) is 0.660. The Labute approximate surface area is 171 Å². The molecule has 4 aliphatic rings. The van der Waals surface area contributed by atoms with Crippen molar-refractivity contribution in [2.75, 3.05) is 7.05 Å². The summed E-state index contributed by atoms with van der Waals surface area (Å²) in [5, 5.41) is 13.0. The van der Waals surface area contributed by atoms with Gasteiger partial charge in [0.15, 0.2) is 0 Å². The summed E-state index contributed by atoms with van der Waals surface area (Å²) in [7, 11) is 1.75. The molecule has 28 heavy (non-hydrogen) atoms. The second-order valence-corrected chi connectivity index (χ2v) is 11.1. The number of aliphatic hydroxyl groups is 1. The lowest BCUT2D eigenvalue weighted by molar-refractivity contribution is -0.121. The van der Waals surface area contributed by atoms with Crippen LogP contribution < -0.4 is 5.32 Å². The van der Waals surface area contributed by atoms with Crippen LogP contribution in [0, 0.1) is 40.4 Å². The predicted molar refractivity (Wildman–Crippen MR) is 114 cm³/mol. The minimum absolute atomic E-state index is 0.109. The Balaban J connectivity index is 1.51. The summed E-state index contributed by atoms with van der Waals surface area (Å²) in [6, 6.07) is 0. The van der Waals surface area contributed by atoms with E-state index in [1.165, 1.54) is 38.5 Å². The van der Waals surface area contributed by atoms with Crippen molar-refractivity contribution in [3.63, 3.8) is 0 Å². The fraction of sp³-hybridized carbons (Fsp3) is 0.880. The third kappa shape index (κ3) is 3.16. The number of carbonyl (C=O) groups excluding carboxylic acids is 1. The van der Waals surface area contributed by atoms with Crippen LogP contribution in [0.25, 0.3) is 0 Å². The van der Waals surface area contributed by atoms with Gasteiger partial charge in [-0.1, -0.05) is 32.4 Å². The van der Waals surface area contributed by atoms with Crippen LogP contribution >= 0.6 is 0 Å². The molecule has 3 saturated carbocycles. The number of rotatable bonds is 4. The summed E-state index contributed by atoms with van der Waals surface area (Å²) >= 11 is 0. The predicted octanol–water partition coefficient (Wildman–Crippen LogP) is 5.09. The Morgan fingerprint density at radius 2 is 2.00 bits per heavy atom. The van der Waals surface area contributed by atoms with Gasteiger partial charge in [-0.15, -0.1) is 0 Å². The van der Waals surface area contributed by atoms with Gasteiger partial charge in [0.2, 0.25) is 5.91 Å². The van der Waals surface area contributed by atoms with Gasteiger partial charge >= 0.3 is 0 Å². The zero-order chi connectivity index (χ0) is 20.1. The number of nitrogens with one attached hydrogen (secondary N) is 1.